The number of carbonyl (C=O) groups excluding carboxylic acids is 1. The fraction of sp³-hybridized carbons (Fsp3) is 0.263. The van der Waals surface area contributed by atoms with Gasteiger partial charge in [-0.3, -0.25) is 10.1 Å². The van der Waals surface area contributed by atoms with Crippen molar-refractivity contribution in [3.05, 3.63) is 66.2 Å². The standard InChI is InChI=1S/C19H21N3O2/c23-18(15-8-3-1-4-9-15)22-19(20-14-17-12-7-13-24-17)21-16-10-5-2-6-11-16/h1-6,8-11,17H,7,12-14H2,(H2,20,21,22,23)/t17-/m0/s1. The first-order valence-corrected chi connectivity index (χ1v) is 8.16. The number of rotatable bonds is 4. The molecule has 24 heavy (non-hydrogen) atoms. The number of benzene rings is 2. The summed E-state index contributed by atoms with van der Waals surface area (Å²) in [6, 6.07) is 18.8. The van der Waals surface area contributed by atoms with E-state index in [2.05, 4.69) is 15.6 Å². The molecular weight excluding hydrogens is 302 g/mol. The van der Waals surface area contributed by atoms with Crippen molar-refractivity contribution in [3.63, 3.8) is 0 Å². The van der Waals surface area contributed by atoms with Crippen LogP contribution in [0.2, 0.25) is 0 Å². The Hall–Kier alpha value is -2.66. The summed E-state index contributed by atoms with van der Waals surface area (Å²) in [4.78, 5) is 16.9. The van der Waals surface area contributed by atoms with E-state index in [4.69, 9.17) is 4.74 Å². The van der Waals surface area contributed by atoms with E-state index in [1.165, 1.54) is 0 Å². The van der Waals surface area contributed by atoms with Crippen molar-refractivity contribution >= 4 is 17.6 Å². The number of amides is 1. The molecule has 0 radical (unpaired) electrons. The molecule has 0 spiro atoms. The lowest BCUT2D eigenvalue weighted by molar-refractivity contribution is 0.0975. The summed E-state index contributed by atoms with van der Waals surface area (Å²) < 4.78 is 5.60. The lowest BCUT2D eigenvalue weighted by Gasteiger charge is -2.13. The first-order valence-electron chi connectivity index (χ1n) is 8.16. The molecule has 3 rings (SSSR count). The van der Waals surface area contributed by atoms with Crippen LogP contribution in [0.1, 0.15) is 23.2 Å². The van der Waals surface area contributed by atoms with Crippen molar-refractivity contribution in [2.45, 2.75) is 18.9 Å². The molecule has 1 saturated heterocycles. The van der Waals surface area contributed by atoms with Crippen molar-refractivity contribution in [1.29, 1.82) is 0 Å². The van der Waals surface area contributed by atoms with Crippen LogP contribution >= 0.6 is 0 Å². The second-order valence-electron chi connectivity index (χ2n) is 5.64. The molecule has 5 nitrogen and oxygen atoms in total. The van der Waals surface area contributed by atoms with Gasteiger partial charge in [0.1, 0.15) is 0 Å². The van der Waals surface area contributed by atoms with E-state index in [9.17, 15) is 4.79 Å². The predicted molar refractivity (Wildman–Crippen MR) is 95.2 cm³/mol. The highest BCUT2D eigenvalue weighted by molar-refractivity contribution is 6.09. The molecule has 0 aliphatic carbocycles. The zero-order valence-corrected chi connectivity index (χ0v) is 13.4. The molecule has 1 amide bonds. The Morgan fingerprint density at radius 1 is 1.08 bits per heavy atom. The van der Waals surface area contributed by atoms with Crippen molar-refractivity contribution in [3.8, 4) is 0 Å². The molecule has 1 heterocycles. The van der Waals surface area contributed by atoms with Gasteiger partial charge in [0.15, 0.2) is 0 Å². The van der Waals surface area contributed by atoms with Gasteiger partial charge in [-0.05, 0) is 37.1 Å². The number of ether oxygens (including phenoxy) is 1. The van der Waals surface area contributed by atoms with E-state index in [-0.39, 0.29) is 12.0 Å². The molecule has 124 valence electrons. The third-order valence-corrected chi connectivity index (χ3v) is 3.78. The number of carbonyl (C=O) groups is 1. The van der Waals surface area contributed by atoms with E-state index >= 15 is 0 Å². The molecule has 0 aromatic heterocycles. The van der Waals surface area contributed by atoms with Crippen LogP contribution in [-0.4, -0.2) is 31.1 Å². The van der Waals surface area contributed by atoms with E-state index in [0.717, 1.165) is 25.1 Å². The highest BCUT2D eigenvalue weighted by atomic mass is 16.5. The Bertz CT molecular complexity index is 680. The van der Waals surface area contributed by atoms with E-state index in [0.29, 0.717) is 18.1 Å². The van der Waals surface area contributed by atoms with Crippen molar-refractivity contribution < 1.29 is 9.53 Å². The van der Waals surface area contributed by atoms with Crippen LogP contribution in [-0.2, 0) is 4.74 Å². The van der Waals surface area contributed by atoms with Gasteiger partial charge in [-0.15, -0.1) is 0 Å². The largest absolute Gasteiger partial charge is 0.376 e. The minimum Gasteiger partial charge on any atom is -0.376 e. The maximum atomic E-state index is 12.4. The fourth-order valence-corrected chi connectivity index (χ4v) is 2.52. The van der Waals surface area contributed by atoms with Crippen molar-refractivity contribution in [2.75, 3.05) is 18.5 Å². The van der Waals surface area contributed by atoms with Crippen LogP contribution in [0, 0.1) is 0 Å². The number of nitrogens with zero attached hydrogens (tertiary/aromatic N) is 1. The number of anilines is 1. The van der Waals surface area contributed by atoms with Gasteiger partial charge in [0.25, 0.3) is 5.91 Å². The summed E-state index contributed by atoms with van der Waals surface area (Å²) in [6.45, 7) is 1.32. The Morgan fingerprint density at radius 2 is 1.79 bits per heavy atom. The molecule has 0 unspecified atom stereocenters. The van der Waals surface area contributed by atoms with Crippen LogP contribution < -0.4 is 10.6 Å². The third-order valence-electron chi connectivity index (χ3n) is 3.78. The van der Waals surface area contributed by atoms with Gasteiger partial charge in [-0.1, -0.05) is 36.4 Å². The van der Waals surface area contributed by atoms with Gasteiger partial charge < -0.3 is 10.1 Å². The topological polar surface area (TPSA) is 62.7 Å². The maximum absolute atomic E-state index is 12.4. The number of guanidine groups is 1. The van der Waals surface area contributed by atoms with Crippen LogP contribution in [0.15, 0.2) is 65.7 Å². The molecule has 1 aliphatic rings. The molecule has 5 heteroatoms. The Kier molecular flexibility index (Phi) is 5.58. The summed E-state index contributed by atoms with van der Waals surface area (Å²) >= 11 is 0. The Labute approximate surface area is 141 Å². The van der Waals surface area contributed by atoms with Gasteiger partial charge in [0, 0.05) is 17.9 Å². The summed E-state index contributed by atoms with van der Waals surface area (Å²) in [7, 11) is 0. The van der Waals surface area contributed by atoms with Gasteiger partial charge in [0.05, 0.1) is 12.6 Å². The third kappa shape index (κ3) is 4.67. The molecule has 1 atom stereocenters. The number of hydrogen-bond acceptors (Lipinski definition) is 3. The lowest BCUT2D eigenvalue weighted by atomic mass is 10.2. The van der Waals surface area contributed by atoms with Crippen LogP contribution in [0.3, 0.4) is 0 Å². The average Bonchev–Trinajstić information content (AvgIpc) is 3.15. The molecule has 2 aromatic carbocycles. The second-order valence-corrected chi connectivity index (χ2v) is 5.64. The smallest absolute Gasteiger partial charge is 0.257 e. The summed E-state index contributed by atoms with van der Waals surface area (Å²) in [5.74, 6) is 0.246. The first-order chi connectivity index (χ1) is 11.8. The average molecular weight is 323 g/mol. The monoisotopic (exact) mass is 323 g/mol. The Balaban J connectivity index is 1.70. The normalized spacial score (nSPS) is 17.5. The lowest BCUT2D eigenvalue weighted by Crippen LogP contribution is -2.36. The summed E-state index contributed by atoms with van der Waals surface area (Å²) in [6.07, 6.45) is 2.21. The number of nitrogens with one attached hydrogen (secondary N) is 2. The Morgan fingerprint density at radius 3 is 2.46 bits per heavy atom. The van der Waals surface area contributed by atoms with Crippen LogP contribution in [0.25, 0.3) is 0 Å². The zero-order valence-electron chi connectivity index (χ0n) is 13.4. The molecule has 1 aliphatic heterocycles. The van der Waals surface area contributed by atoms with Gasteiger partial charge in [-0.25, -0.2) is 4.99 Å². The molecule has 0 bridgehead atoms. The highest BCUT2D eigenvalue weighted by Crippen LogP contribution is 2.12. The van der Waals surface area contributed by atoms with Gasteiger partial charge >= 0.3 is 0 Å². The summed E-state index contributed by atoms with van der Waals surface area (Å²) in [5, 5.41) is 6.02. The second kappa shape index (κ2) is 8.26. The minimum absolute atomic E-state index is 0.131. The van der Waals surface area contributed by atoms with E-state index in [1.807, 2.05) is 48.5 Å². The van der Waals surface area contributed by atoms with Crippen LogP contribution in [0.5, 0.6) is 0 Å². The van der Waals surface area contributed by atoms with Crippen molar-refractivity contribution in [2.24, 2.45) is 4.99 Å². The predicted octanol–water partition coefficient (Wildman–Crippen LogP) is 3.06. The number of aliphatic imine (C=N–C) groups is 1. The van der Waals surface area contributed by atoms with E-state index in [1.54, 1.807) is 12.1 Å². The number of para-hydroxylation sites is 1. The molecular formula is C19H21N3O2. The van der Waals surface area contributed by atoms with Gasteiger partial charge in [-0.2, -0.15) is 0 Å². The maximum Gasteiger partial charge on any atom is 0.257 e. The van der Waals surface area contributed by atoms with E-state index < -0.39 is 0 Å². The minimum atomic E-state index is -0.190. The summed E-state index contributed by atoms with van der Waals surface area (Å²) in [5.41, 5.74) is 1.47. The molecule has 2 N–H and O–H groups in total. The fourth-order valence-electron chi connectivity index (χ4n) is 2.52. The number of hydrogen-bond donors (Lipinski definition) is 2. The quantitative estimate of drug-likeness (QED) is 0.671. The van der Waals surface area contributed by atoms with Gasteiger partial charge in [0.2, 0.25) is 5.96 Å². The zero-order chi connectivity index (χ0) is 16.6. The molecule has 0 saturated carbocycles. The molecule has 2 aromatic rings. The highest BCUT2D eigenvalue weighted by Gasteiger charge is 2.16. The molecule has 1 fully saturated rings. The first kappa shape index (κ1) is 16.2. The van der Waals surface area contributed by atoms with Crippen LogP contribution in [0.4, 0.5) is 5.69 Å². The SMILES string of the molecule is O=C(NC(=NC[C@@H]1CCCO1)Nc1ccccc1)c1ccccc1. The van der Waals surface area contributed by atoms with Crippen molar-refractivity contribution in [1.82, 2.24) is 5.32 Å².